The number of nitrogens with zero attached hydrogens (tertiary/aromatic N) is 3. The van der Waals surface area contributed by atoms with Crippen molar-refractivity contribution in [3.05, 3.63) is 34.9 Å². The summed E-state index contributed by atoms with van der Waals surface area (Å²) >= 11 is 5.95. The fourth-order valence-electron chi connectivity index (χ4n) is 4.09. The molecule has 0 spiro atoms. The van der Waals surface area contributed by atoms with Crippen LogP contribution in [0.15, 0.2) is 24.3 Å². The molecule has 148 valence electrons. The van der Waals surface area contributed by atoms with Crippen molar-refractivity contribution in [3.63, 3.8) is 0 Å². The van der Waals surface area contributed by atoms with E-state index < -0.39 is 0 Å². The predicted molar refractivity (Wildman–Crippen MR) is 108 cm³/mol. The highest BCUT2D eigenvalue weighted by molar-refractivity contribution is 6.30. The van der Waals surface area contributed by atoms with Gasteiger partial charge in [0.2, 0.25) is 11.8 Å². The van der Waals surface area contributed by atoms with Crippen molar-refractivity contribution < 1.29 is 9.59 Å². The second-order valence-electron chi connectivity index (χ2n) is 7.88. The molecule has 27 heavy (non-hydrogen) atoms. The summed E-state index contributed by atoms with van der Waals surface area (Å²) in [6.07, 6.45) is 4.83. The van der Waals surface area contributed by atoms with Crippen LogP contribution < -0.4 is 0 Å². The van der Waals surface area contributed by atoms with Gasteiger partial charge in [0, 0.05) is 44.7 Å². The molecular weight excluding hydrogens is 362 g/mol. The van der Waals surface area contributed by atoms with Crippen molar-refractivity contribution in [3.8, 4) is 0 Å². The Morgan fingerprint density at radius 2 is 2.00 bits per heavy atom. The fourth-order valence-corrected chi connectivity index (χ4v) is 4.21. The van der Waals surface area contributed by atoms with E-state index in [0.717, 1.165) is 57.0 Å². The highest BCUT2D eigenvalue weighted by Crippen LogP contribution is 2.19. The number of rotatable bonds is 7. The lowest BCUT2D eigenvalue weighted by Crippen LogP contribution is -2.44. The van der Waals surface area contributed by atoms with Crippen LogP contribution in [0.25, 0.3) is 0 Å². The Kier molecular flexibility index (Phi) is 7.13. The van der Waals surface area contributed by atoms with Gasteiger partial charge >= 0.3 is 0 Å². The SMILES string of the molecule is CN(C[C@@H]1CCCN(CCc2ccc(Cl)cc2)C1)C(=O)CN1CCCC1=O. The van der Waals surface area contributed by atoms with Gasteiger partial charge in [-0.3, -0.25) is 9.59 Å². The molecule has 0 saturated carbocycles. The molecule has 1 aromatic rings. The number of piperidine rings is 1. The molecule has 2 heterocycles. The van der Waals surface area contributed by atoms with Gasteiger partial charge in [0.05, 0.1) is 6.54 Å². The average Bonchev–Trinajstić information content (AvgIpc) is 3.06. The summed E-state index contributed by atoms with van der Waals surface area (Å²) in [5, 5.41) is 0.778. The smallest absolute Gasteiger partial charge is 0.241 e. The monoisotopic (exact) mass is 391 g/mol. The van der Waals surface area contributed by atoms with Gasteiger partial charge in [0.1, 0.15) is 0 Å². The second kappa shape index (κ2) is 9.56. The van der Waals surface area contributed by atoms with E-state index in [0.29, 0.717) is 12.3 Å². The summed E-state index contributed by atoms with van der Waals surface area (Å²) in [5.74, 6) is 0.679. The minimum atomic E-state index is 0.0588. The number of carbonyl (C=O) groups is 2. The van der Waals surface area contributed by atoms with Crippen LogP contribution in [0.3, 0.4) is 0 Å². The van der Waals surface area contributed by atoms with Crippen LogP contribution in [0.1, 0.15) is 31.2 Å². The highest BCUT2D eigenvalue weighted by Gasteiger charge is 2.26. The van der Waals surface area contributed by atoms with Crippen LogP contribution in [-0.4, -0.2) is 72.8 Å². The molecule has 0 aliphatic carbocycles. The van der Waals surface area contributed by atoms with E-state index in [1.165, 1.54) is 12.0 Å². The lowest BCUT2D eigenvalue weighted by molar-refractivity contribution is -0.138. The third-order valence-electron chi connectivity index (χ3n) is 5.69. The molecular formula is C21H30ClN3O2. The van der Waals surface area contributed by atoms with Crippen molar-refractivity contribution >= 4 is 23.4 Å². The van der Waals surface area contributed by atoms with E-state index in [9.17, 15) is 9.59 Å². The van der Waals surface area contributed by atoms with Crippen LogP contribution in [-0.2, 0) is 16.0 Å². The van der Waals surface area contributed by atoms with Crippen LogP contribution in [0, 0.1) is 5.92 Å². The summed E-state index contributed by atoms with van der Waals surface area (Å²) in [5.41, 5.74) is 1.31. The molecule has 2 fully saturated rings. The Morgan fingerprint density at radius 1 is 1.22 bits per heavy atom. The molecule has 0 bridgehead atoms. The summed E-state index contributed by atoms with van der Waals surface area (Å²) < 4.78 is 0. The first-order valence-corrected chi connectivity index (χ1v) is 10.4. The van der Waals surface area contributed by atoms with E-state index in [1.807, 2.05) is 24.1 Å². The summed E-state index contributed by atoms with van der Waals surface area (Å²) in [7, 11) is 1.87. The molecule has 0 N–H and O–H groups in total. The Bertz CT molecular complexity index is 649. The Hall–Kier alpha value is -1.59. The lowest BCUT2D eigenvalue weighted by Gasteiger charge is -2.35. The minimum Gasteiger partial charge on any atom is -0.344 e. The number of hydrogen-bond acceptors (Lipinski definition) is 3. The van der Waals surface area contributed by atoms with Crippen LogP contribution in [0.2, 0.25) is 5.02 Å². The Balaban J connectivity index is 1.42. The molecule has 1 atom stereocenters. The van der Waals surface area contributed by atoms with Crippen LogP contribution in [0.4, 0.5) is 0 Å². The normalized spacial score (nSPS) is 20.9. The van der Waals surface area contributed by atoms with Gasteiger partial charge in [-0.15, -0.1) is 0 Å². The molecule has 2 saturated heterocycles. The second-order valence-corrected chi connectivity index (χ2v) is 8.31. The summed E-state index contributed by atoms with van der Waals surface area (Å²) in [6, 6.07) is 8.08. The molecule has 2 aliphatic heterocycles. The van der Waals surface area contributed by atoms with E-state index in [1.54, 1.807) is 4.90 Å². The van der Waals surface area contributed by atoms with Crippen molar-refractivity contribution in [1.29, 1.82) is 0 Å². The number of likely N-dealkylation sites (tertiary alicyclic amines) is 2. The van der Waals surface area contributed by atoms with Crippen molar-refractivity contribution in [1.82, 2.24) is 14.7 Å². The van der Waals surface area contributed by atoms with Crippen molar-refractivity contribution in [2.45, 2.75) is 32.1 Å². The van der Waals surface area contributed by atoms with Gasteiger partial charge in [-0.05, 0) is 55.8 Å². The maximum absolute atomic E-state index is 12.4. The molecule has 1 aromatic carbocycles. The van der Waals surface area contributed by atoms with Gasteiger partial charge in [-0.2, -0.15) is 0 Å². The number of benzene rings is 1. The number of amides is 2. The fraction of sp³-hybridized carbons (Fsp3) is 0.619. The zero-order valence-corrected chi connectivity index (χ0v) is 17.0. The molecule has 0 radical (unpaired) electrons. The first-order chi connectivity index (χ1) is 13.0. The van der Waals surface area contributed by atoms with E-state index in [-0.39, 0.29) is 18.4 Å². The third kappa shape index (κ3) is 5.94. The molecule has 2 aliphatic rings. The quantitative estimate of drug-likeness (QED) is 0.717. The van der Waals surface area contributed by atoms with Gasteiger partial charge in [0.25, 0.3) is 0 Å². The molecule has 5 nitrogen and oxygen atoms in total. The van der Waals surface area contributed by atoms with Gasteiger partial charge in [-0.25, -0.2) is 0 Å². The van der Waals surface area contributed by atoms with Crippen LogP contribution >= 0.6 is 11.6 Å². The van der Waals surface area contributed by atoms with E-state index in [4.69, 9.17) is 11.6 Å². The average molecular weight is 392 g/mol. The number of hydrogen-bond donors (Lipinski definition) is 0. The topological polar surface area (TPSA) is 43.9 Å². The molecule has 6 heteroatoms. The zero-order chi connectivity index (χ0) is 19.2. The number of carbonyl (C=O) groups excluding carboxylic acids is 2. The van der Waals surface area contributed by atoms with Gasteiger partial charge in [-0.1, -0.05) is 23.7 Å². The van der Waals surface area contributed by atoms with Gasteiger partial charge in [0.15, 0.2) is 0 Å². The Labute approximate surface area is 167 Å². The van der Waals surface area contributed by atoms with Gasteiger partial charge < -0.3 is 14.7 Å². The first kappa shape index (κ1) is 20.2. The first-order valence-electron chi connectivity index (χ1n) is 10.00. The maximum Gasteiger partial charge on any atom is 0.241 e. The number of halogens is 1. The lowest BCUT2D eigenvalue weighted by atomic mass is 9.97. The standard InChI is InChI=1S/C21H30ClN3O2/c1-23(21(27)16-25-12-3-5-20(25)26)14-18-4-2-11-24(15-18)13-10-17-6-8-19(22)9-7-17/h6-9,18H,2-5,10-16H2,1H3/t18-/m0/s1. The predicted octanol–water partition coefficient (Wildman–Crippen LogP) is 2.68. The van der Waals surface area contributed by atoms with Crippen molar-refractivity contribution in [2.75, 3.05) is 46.3 Å². The largest absolute Gasteiger partial charge is 0.344 e. The summed E-state index contributed by atoms with van der Waals surface area (Å²) in [6.45, 7) is 4.94. The minimum absolute atomic E-state index is 0.0588. The molecule has 2 amide bonds. The maximum atomic E-state index is 12.4. The van der Waals surface area contributed by atoms with Crippen LogP contribution in [0.5, 0.6) is 0 Å². The summed E-state index contributed by atoms with van der Waals surface area (Å²) in [4.78, 5) is 30.2. The molecule has 0 unspecified atom stereocenters. The van der Waals surface area contributed by atoms with E-state index in [2.05, 4.69) is 17.0 Å². The number of likely N-dealkylation sites (N-methyl/N-ethyl adjacent to an activating group) is 1. The molecule has 0 aromatic heterocycles. The Morgan fingerprint density at radius 3 is 2.70 bits per heavy atom. The van der Waals surface area contributed by atoms with Crippen molar-refractivity contribution in [2.24, 2.45) is 5.92 Å². The van der Waals surface area contributed by atoms with E-state index >= 15 is 0 Å². The highest BCUT2D eigenvalue weighted by atomic mass is 35.5. The zero-order valence-electron chi connectivity index (χ0n) is 16.2. The molecule has 3 rings (SSSR count). The third-order valence-corrected chi connectivity index (χ3v) is 5.94.